The first-order valence-electron chi connectivity index (χ1n) is 24.3. The maximum Gasteiger partial charge on any atom is 0.0726 e. The molecule has 15 rings (SSSR count). The molecule has 12 aromatic rings. The molecule has 1 heterocycles. The number of anilines is 3. The number of thiophene rings is 1. The standard InChI is InChI=1S/C68H43NS/c1-3-21-45(22-4-1)67(46-23-5-2-6-24-46)60-36-15-10-30-56(60)65-61(67)37-19-38-63(65)69(47-25-17-20-44(42-47)49-31-18-32-55-54-29-11-16-39-64(54)70-66(49)55)48-40-41-53-52-28-9-14-35-59(52)68(62(53)43-48)57-33-12-7-26-50(57)51-27-8-13-34-58(51)68/h1-43H. The Morgan fingerprint density at radius 3 is 1.46 bits per heavy atom. The number of hydrogen-bond acceptors (Lipinski definition) is 2. The van der Waals surface area contributed by atoms with Crippen molar-refractivity contribution in [1.29, 1.82) is 0 Å². The van der Waals surface area contributed by atoms with Crippen LogP contribution in [0.3, 0.4) is 0 Å². The fourth-order valence-corrected chi connectivity index (χ4v) is 14.3. The summed E-state index contributed by atoms with van der Waals surface area (Å²) in [6.45, 7) is 0. The summed E-state index contributed by atoms with van der Waals surface area (Å²) in [7, 11) is 0. The van der Waals surface area contributed by atoms with Crippen LogP contribution in [0, 0.1) is 0 Å². The molecule has 0 unspecified atom stereocenters. The van der Waals surface area contributed by atoms with Crippen LogP contribution in [0.4, 0.5) is 17.1 Å². The molecule has 1 nitrogen and oxygen atoms in total. The van der Waals surface area contributed by atoms with Gasteiger partial charge in [0.25, 0.3) is 0 Å². The molecule has 0 aliphatic heterocycles. The first-order valence-corrected chi connectivity index (χ1v) is 25.2. The zero-order chi connectivity index (χ0) is 46.0. The van der Waals surface area contributed by atoms with Gasteiger partial charge in [0.15, 0.2) is 0 Å². The second-order valence-corrected chi connectivity index (χ2v) is 20.1. The third-order valence-corrected chi connectivity index (χ3v) is 17.0. The van der Waals surface area contributed by atoms with Gasteiger partial charge in [-0.05, 0) is 120 Å². The normalized spacial score (nSPS) is 13.9. The predicted octanol–water partition coefficient (Wildman–Crippen LogP) is 17.9. The third-order valence-electron chi connectivity index (χ3n) is 15.8. The lowest BCUT2D eigenvalue weighted by atomic mass is 9.68. The molecule has 0 radical (unpaired) electrons. The van der Waals surface area contributed by atoms with Crippen LogP contribution in [0.25, 0.3) is 64.7 Å². The Balaban J connectivity index is 1.03. The van der Waals surface area contributed by atoms with Gasteiger partial charge in [0.1, 0.15) is 0 Å². The summed E-state index contributed by atoms with van der Waals surface area (Å²) in [5, 5.41) is 2.61. The van der Waals surface area contributed by atoms with Crippen molar-refractivity contribution in [2.45, 2.75) is 10.8 Å². The molecule has 0 saturated heterocycles. The highest BCUT2D eigenvalue weighted by Crippen LogP contribution is 2.64. The number of benzene rings is 11. The van der Waals surface area contributed by atoms with Gasteiger partial charge in [-0.15, -0.1) is 11.3 Å². The summed E-state index contributed by atoms with van der Waals surface area (Å²) in [6, 6.07) is 98.1. The largest absolute Gasteiger partial charge is 0.310 e. The highest BCUT2D eigenvalue weighted by Gasteiger charge is 2.52. The average Bonchev–Trinajstić information content (AvgIpc) is 4.15. The van der Waals surface area contributed by atoms with Crippen molar-refractivity contribution in [3.05, 3.63) is 305 Å². The molecule has 0 fully saturated rings. The minimum Gasteiger partial charge on any atom is -0.310 e. The van der Waals surface area contributed by atoms with E-state index in [4.69, 9.17) is 0 Å². The first kappa shape index (κ1) is 39.4. The molecule has 70 heavy (non-hydrogen) atoms. The van der Waals surface area contributed by atoms with E-state index in [1.54, 1.807) is 0 Å². The van der Waals surface area contributed by atoms with E-state index in [-0.39, 0.29) is 0 Å². The van der Waals surface area contributed by atoms with Crippen molar-refractivity contribution in [1.82, 2.24) is 0 Å². The van der Waals surface area contributed by atoms with Gasteiger partial charge in [-0.1, -0.05) is 224 Å². The van der Waals surface area contributed by atoms with Gasteiger partial charge in [0.2, 0.25) is 0 Å². The maximum atomic E-state index is 2.57. The summed E-state index contributed by atoms with van der Waals surface area (Å²) in [5.74, 6) is 0. The van der Waals surface area contributed by atoms with Crippen LogP contribution in [0.15, 0.2) is 261 Å². The Morgan fingerprint density at radius 1 is 0.300 bits per heavy atom. The Hall–Kier alpha value is -8.56. The van der Waals surface area contributed by atoms with Crippen LogP contribution in [-0.2, 0) is 10.8 Å². The van der Waals surface area contributed by atoms with Crippen molar-refractivity contribution in [2.24, 2.45) is 0 Å². The summed E-state index contributed by atoms with van der Waals surface area (Å²) in [4.78, 5) is 2.57. The Bertz CT molecular complexity index is 3980. The number of rotatable bonds is 6. The lowest BCUT2D eigenvalue weighted by molar-refractivity contribution is 0.768. The van der Waals surface area contributed by atoms with Gasteiger partial charge >= 0.3 is 0 Å². The maximum absolute atomic E-state index is 2.57. The van der Waals surface area contributed by atoms with Crippen LogP contribution in [0.5, 0.6) is 0 Å². The quantitative estimate of drug-likeness (QED) is 0.161. The highest BCUT2D eigenvalue weighted by atomic mass is 32.1. The van der Waals surface area contributed by atoms with Crippen LogP contribution in [0.2, 0.25) is 0 Å². The number of nitrogens with zero attached hydrogens (tertiary/aromatic N) is 1. The van der Waals surface area contributed by atoms with E-state index in [0.717, 1.165) is 17.1 Å². The van der Waals surface area contributed by atoms with Crippen LogP contribution in [0.1, 0.15) is 44.5 Å². The Labute approximate surface area is 411 Å². The minimum atomic E-state index is -0.546. The van der Waals surface area contributed by atoms with Crippen molar-refractivity contribution < 1.29 is 0 Å². The average molecular weight is 906 g/mol. The molecule has 0 bridgehead atoms. The molecule has 3 aliphatic carbocycles. The Morgan fingerprint density at radius 2 is 0.786 bits per heavy atom. The molecule has 3 aliphatic rings. The van der Waals surface area contributed by atoms with Gasteiger partial charge in [-0.3, -0.25) is 0 Å². The second kappa shape index (κ2) is 15.0. The van der Waals surface area contributed by atoms with Crippen molar-refractivity contribution in [3.8, 4) is 44.5 Å². The highest BCUT2D eigenvalue weighted by molar-refractivity contribution is 7.26. The smallest absolute Gasteiger partial charge is 0.0726 e. The lowest BCUT2D eigenvalue weighted by Crippen LogP contribution is -2.28. The zero-order valence-corrected chi connectivity index (χ0v) is 39.0. The van der Waals surface area contributed by atoms with E-state index in [9.17, 15) is 0 Å². The van der Waals surface area contributed by atoms with Gasteiger partial charge in [0.05, 0.1) is 16.5 Å². The van der Waals surface area contributed by atoms with Crippen molar-refractivity contribution in [2.75, 3.05) is 4.90 Å². The third kappa shape index (κ3) is 5.21. The van der Waals surface area contributed by atoms with Gasteiger partial charge < -0.3 is 4.90 Å². The van der Waals surface area contributed by atoms with E-state index in [1.165, 1.54) is 109 Å². The van der Waals surface area contributed by atoms with E-state index in [2.05, 4.69) is 266 Å². The van der Waals surface area contributed by atoms with Gasteiger partial charge in [-0.2, -0.15) is 0 Å². The fraction of sp³-hybridized carbons (Fsp3) is 0.0294. The summed E-state index contributed by atoms with van der Waals surface area (Å²) < 4.78 is 2.62. The fourth-order valence-electron chi connectivity index (χ4n) is 13.1. The Kier molecular flexibility index (Phi) is 8.43. The van der Waals surface area contributed by atoms with Gasteiger partial charge in [0, 0.05) is 37.1 Å². The van der Waals surface area contributed by atoms with Crippen LogP contribution < -0.4 is 4.90 Å². The predicted molar refractivity (Wildman–Crippen MR) is 293 cm³/mol. The summed E-state index contributed by atoms with van der Waals surface area (Å²) >= 11 is 1.89. The number of hydrogen-bond donors (Lipinski definition) is 0. The minimum absolute atomic E-state index is 0.486. The van der Waals surface area contributed by atoms with Crippen LogP contribution in [-0.4, -0.2) is 0 Å². The second-order valence-electron chi connectivity index (χ2n) is 19.0. The molecule has 1 aromatic heterocycles. The van der Waals surface area contributed by atoms with Crippen molar-refractivity contribution >= 4 is 48.6 Å². The SMILES string of the molecule is c1ccc(C2(c3ccccc3)c3ccccc3-c3c(N(c4cccc(-c5cccc6c5sc5ccccc56)c4)c4ccc5c(c4)C4(c6ccccc6-c6ccccc64)c4ccccc4-5)cccc32)cc1. The molecule has 11 aromatic carbocycles. The molecule has 1 spiro atoms. The molecular formula is C68H43NS. The molecule has 2 heteroatoms. The lowest BCUT2D eigenvalue weighted by Gasteiger charge is -2.35. The van der Waals surface area contributed by atoms with E-state index in [0.29, 0.717) is 0 Å². The summed E-state index contributed by atoms with van der Waals surface area (Å²) in [5.41, 5.74) is 22.9. The first-order chi connectivity index (χ1) is 34.7. The van der Waals surface area contributed by atoms with Gasteiger partial charge in [-0.25, -0.2) is 0 Å². The van der Waals surface area contributed by atoms with E-state index < -0.39 is 10.8 Å². The summed E-state index contributed by atoms with van der Waals surface area (Å²) in [6.07, 6.45) is 0. The topological polar surface area (TPSA) is 3.24 Å². The molecule has 0 N–H and O–H groups in total. The molecular weight excluding hydrogens is 863 g/mol. The van der Waals surface area contributed by atoms with Crippen molar-refractivity contribution in [3.63, 3.8) is 0 Å². The van der Waals surface area contributed by atoms with Crippen LogP contribution >= 0.6 is 11.3 Å². The molecule has 0 atom stereocenters. The number of fused-ring (bicyclic) bond motifs is 16. The van der Waals surface area contributed by atoms with E-state index in [1.807, 2.05) is 11.3 Å². The molecule has 0 saturated carbocycles. The van der Waals surface area contributed by atoms with E-state index >= 15 is 0 Å². The monoisotopic (exact) mass is 905 g/mol. The molecule has 326 valence electrons. The zero-order valence-electron chi connectivity index (χ0n) is 38.2. The molecule has 0 amide bonds.